The van der Waals surface area contributed by atoms with Crippen molar-refractivity contribution in [3.63, 3.8) is 0 Å². The van der Waals surface area contributed by atoms with E-state index in [4.69, 9.17) is 10.5 Å². The summed E-state index contributed by atoms with van der Waals surface area (Å²) >= 11 is 0. The van der Waals surface area contributed by atoms with E-state index in [9.17, 15) is 8.78 Å². The molecule has 96 valence electrons. The number of hydrogen-bond acceptors (Lipinski definition) is 2. The molecule has 0 aromatic heterocycles. The van der Waals surface area contributed by atoms with Gasteiger partial charge in [0.05, 0.1) is 11.1 Å². The number of halogens is 2. The Morgan fingerprint density at radius 3 is 1.60 bits per heavy atom. The Balaban J connectivity index is 2.66. The molecule has 0 unspecified atom stereocenters. The molecule has 0 heterocycles. The lowest BCUT2D eigenvalue weighted by Crippen LogP contribution is -1.98. The van der Waals surface area contributed by atoms with Crippen molar-refractivity contribution in [3.8, 4) is 12.1 Å². The molecule has 20 heavy (non-hydrogen) atoms. The average molecular weight is 266 g/mol. The topological polar surface area (TPSA) is 47.6 Å². The minimum atomic E-state index is -0.680. The van der Waals surface area contributed by atoms with E-state index >= 15 is 0 Å². The normalized spacial score (nSPS) is 9.60. The molecule has 0 N–H and O–H groups in total. The first-order valence-corrected chi connectivity index (χ1v) is 5.67. The summed E-state index contributed by atoms with van der Waals surface area (Å²) in [7, 11) is 0. The van der Waals surface area contributed by atoms with E-state index in [0.717, 1.165) is 12.1 Å². The molecule has 0 saturated heterocycles. The standard InChI is InChI=1S/C16H8F2N2/c1-10(11-4-2-6-15(17)13(11)8-19)12-5-3-7-16(18)14(12)9-20/h2-7H,1H2. The summed E-state index contributed by atoms with van der Waals surface area (Å²) in [4.78, 5) is 0. The van der Waals surface area contributed by atoms with Crippen LogP contribution < -0.4 is 0 Å². The highest BCUT2D eigenvalue weighted by molar-refractivity contribution is 5.83. The summed E-state index contributed by atoms with van der Waals surface area (Å²) in [6.07, 6.45) is 0. The zero-order valence-corrected chi connectivity index (χ0v) is 10.3. The van der Waals surface area contributed by atoms with Gasteiger partial charge in [-0.1, -0.05) is 30.8 Å². The van der Waals surface area contributed by atoms with E-state index in [1.54, 1.807) is 12.1 Å². The van der Waals surface area contributed by atoms with Gasteiger partial charge in [-0.3, -0.25) is 0 Å². The number of benzene rings is 2. The van der Waals surface area contributed by atoms with E-state index in [1.807, 2.05) is 0 Å². The van der Waals surface area contributed by atoms with Crippen molar-refractivity contribution in [2.75, 3.05) is 0 Å². The second-order valence-electron chi connectivity index (χ2n) is 4.03. The minimum Gasteiger partial charge on any atom is -0.206 e. The van der Waals surface area contributed by atoms with Crippen LogP contribution in [-0.2, 0) is 0 Å². The van der Waals surface area contributed by atoms with Crippen LogP contribution in [0.15, 0.2) is 43.0 Å². The molecule has 2 nitrogen and oxygen atoms in total. The lowest BCUT2D eigenvalue weighted by Gasteiger charge is -2.10. The van der Waals surface area contributed by atoms with Gasteiger partial charge in [0.15, 0.2) is 0 Å². The number of hydrogen-bond donors (Lipinski definition) is 0. The van der Waals surface area contributed by atoms with Gasteiger partial charge in [0, 0.05) is 11.1 Å². The highest BCUT2D eigenvalue weighted by atomic mass is 19.1. The predicted octanol–water partition coefficient (Wildman–Crippen LogP) is 3.77. The van der Waals surface area contributed by atoms with Gasteiger partial charge in [0.2, 0.25) is 0 Å². The summed E-state index contributed by atoms with van der Waals surface area (Å²) in [5.74, 6) is -1.36. The molecule has 0 spiro atoms. The van der Waals surface area contributed by atoms with Crippen LogP contribution in [0.4, 0.5) is 8.78 Å². The SMILES string of the molecule is C=C(c1cccc(F)c1C#N)c1cccc(F)c1C#N. The van der Waals surface area contributed by atoms with Crippen LogP contribution in [0.5, 0.6) is 0 Å². The van der Waals surface area contributed by atoms with Gasteiger partial charge in [0.25, 0.3) is 0 Å². The fraction of sp³-hybridized carbons (Fsp3) is 0. The van der Waals surface area contributed by atoms with E-state index in [1.165, 1.54) is 24.3 Å². The molecule has 0 bridgehead atoms. The van der Waals surface area contributed by atoms with Gasteiger partial charge in [-0.15, -0.1) is 0 Å². The third-order valence-corrected chi connectivity index (χ3v) is 2.90. The van der Waals surface area contributed by atoms with Gasteiger partial charge in [-0.25, -0.2) is 8.78 Å². The summed E-state index contributed by atoms with van der Waals surface area (Å²) in [5, 5.41) is 18.0. The molecule has 0 amide bonds. The predicted molar refractivity (Wildman–Crippen MR) is 70.4 cm³/mol. The van der Waals surface area contributed by atoms with Crippen LogP contribution in [0.25, 0.3) is 5.57 Å². The molecule has 2 rings (SSSR count). The van der Waals surface area contributed by atoms with E-state index < -0.39 is 11.6 Å². The van der Waals surface area contributed by atoms with E-state index in [-0.39, 0.29) is 27.8 Å². The van der Waals surface area contributed by atoms with Crippen LogP contribution in [-0.4, -0.2) is 0 Å². The number of rotatable bonds is 2. The number of nitriles is 2. The lowest BCUT2D eigenvalue weighted by atomic mass is 9.92. The van der Waals surface area contributed by atoms with Crippen molar-refractivity contribution in [2.45, 2.75) is 0 Å². The van der Waals surface area contributed by atoms with Crippen molar-refractivity contribution < 1.29 is 8.78 Å². The summed E-state index contributed by atoms with van der Waals surface area (Å²) in [6, 6.07) is 11.7. The monoisotopic (exact) mass is 266 g/mol. The first-order valence-electron chi connectivity index (χ1n) is 5.67. The van der Waals surface area contributed by atoms with E-state index in [2.05, 4.69) is 6.58 Å². The average Bonchev–Trinajstić information content (AvgIpc) is 2.46. The molecule has 2 aromatic carbocycles. The first kappa shape index (κ1) is 13.5. The minimum absolute atomic E-state index is 0.175. The molecular formula is C16H8F2N2. The Bertz CT molecular complexity index is 715. The van der Waals surface area contributed by atoms with E-state index in [0.29, 0.717) is 0 Å². The lowest BCUT2D eigenvalue weighted by molar-refractivity contribution is 0.623. The van der Waals surface area contributed by atoms with Crippen molar-refractivity contribution >= 4 is 5.57 Å². The highest BCUT2D eigenvalue weighted by Gasteiger charge is 2.16. The Labute approximate surface area is 114 Å². The van der Waals surface area contributed by atoms with Gasteiger partial charge < -0.3 is 0 Å². The maximum absolute atomic E-state index is 13.6. The molecule has 0 aliphatic heterocycles. The number of nitrogens with zero attached hydrogens (tertiary/aromatic N) is 2. The Morgan fingerprint density at radius 1 is 0.850 bits per heavy atom. The van der Waals surface area contributed by atoms with Crippen molar-refractivity contribution in [3.05, 3.63) is 76.9 Å². The summed E-state index contributed by atoms with van der Waals surface area (Å²) < 4.78 is 27.2. The molecule has 2 aromatic rings. The summed E-state index contributed by atoms with van der Waals surface area (Å²) in [6.45, 7) is 3.76. The highest BCUT2D eigenvalue weighted by Crippen LogP contribution is 2.29. The third-order valence-electron chi connectivity index (χ3n) is 2.90. The second-order valence-corrected chi connectivity index (χ2v) is 4.03. The molecule has 0 fully saturated rings. The van der Waals surface area contributed by atoms with Gasteiger partial charge >= 0.3 is 0 Å². The maximum atomic E-state index is 13.6. The Morgan fingerprint density at radius 2 is 1.25 bits per heavy atom. The Kier molecular flexibility index (Phi) is 3.59. The van der Waals surface area contributed by atoms with Crippen molar-refractivity contribution in [1.82, 2.24) is 0 Å². The molecular weight excluding hydrogens is 258 g/mol. The largest absolute Gasteiger partial charge is 0.206 e. The zero-order valence-electron chi connectivity index (χ0n) is 10.3. The molecule has 0 atom stereocenters. The molecule has 0 aliphatic carbocycles. The maximum Gasteiger partial charge on any atom is 0.141 e. The van der Waals surface area contributed by atoms with Gasteiger partial charge in [0.1, 0.15) is 23.8 Å². The van der Waals surface area contributed by atoms with Crippen LogP contribution in [0.1, 0.15) is 22.3 Å². The second kappa shape index (κ2) is 5.34. The van der Waals surface area contributed by atoms with Crippen molar-refractivity contribution in [2.24, 2.45) is 0 Å². The van der Waals surface area contributed by atoms with Crippen LogP contribution >= 0.6 is 0 Å². The quantitative estimate of drug-likeness (QED) is 0.830. The molecule has 4 heteroatoms. The smallest absolute Gasteiger partial charge is 0.141 e. The Hall–Kier alpha value is -2.98. The first-order chi connectivity index (χ1) is 9.60. The fourth-order valence-electron chi connectivity index (χ4n) is 1.92. The third kappa shape index (κ3) is 2.15. The fourth-order valence-corrected chi connectivity index (χ4v) is 1.92. The molecule has 0 radical (unpaired) electrons. The van der Waals surface area contributed by atoms with Gasteiger partial charge in [-0.2, -0.15) is 10.5 Å². The van der Waals surface area contributed by atoms with Crippen molar-refractivity contribution in [1.29, 1.82) is 10.5 Å². The molecule has 0 saturated carbocycles. The van der Waals surface area contributed by atoms with Crippen LogP contribution in [0, 0.1) is 34.3 Å². The molecule has 0 aliphatic rings. The van der Waals surface area contributed by atoms with Gasteiger partial charge in [-0.05, 0) is 17.7 Å². The zero-order chi connectivity index (χ0) is 14.7. The van der Waals surface area contributed by atoms with Crippen LogP contribution in [0.3, 0.4) is 0 Å². The van der Waals surface area contributed by atoms with Crippen LogP contribution in [0.2, 0.25) is 0 Å². The summed E-state index contributed by atoms with van der Waals surface area (Å²) in [5.41, 5.74) is 0.373.